The van der Waals surface area contributed by atoms with Gasteiger partial charge in [-0.1, -0.05) is 6.92 Å². The Morgan fingerprint density at radius 3 is 2.43 bits per heavy atom. The fourth-order valence-corrected chi connectivity index (χ4v) is 2.51. The lowest BCUT2D eigenvalue weighted by molar-refractivity contribution is 0.355. The molecule has 0 aromatic heterocycles. The van der Waals surface area contributed by atoms with Crippen molar-refractivity contribution in [2.45, 2.75) is 13.3 Å². The van der Waals surface area contributed by atoms with Gasteiger partial charge in [-0.15, -0.1) is 12.4 Å². The second-order valence-electron chi connectivity index (χ2n) is 3.05. The summed E-state index contributed by atoms with van der Waals surface area (Å²) in [6.45, 7) is 5.09. The highest BCUT2D eigenvalue weighted by Gasteiger charge is 2.22. The van der Waals surface area contributed by atoms with E-state index in [1.54, 1.807) is 0 Å². The van der Waals surface area contributed by atoms with Crippen molar-refractivity contribution in [2.75, 3.05) is 32.7 Å². The molecule has 1 fully saturated rings. The second kappa shape index (κ2) is 6.58. The highest BCUT2D eigenvalue weighted by Crippen LogP contribution is 1.99. The summed E-state index contributed by atoms with van der Waals surface area (Å²) in [7, 11) is -3.20. The zero-order valence-corrected chi connectivity index (χ0v) is 9.96. The smallest absolute Gasteiger partial charge is 0.279 e. The standard InChI is InChI=1S/C7H17N3O2S.ClH/c1-2-3-9-13(11,12)10-6-4-8-5-7-10;/h8-9H,2-7H2,1H3;1H. The van der Waals surface area contributed by atoms with Gasteiger partial charge in [0.05, 0.1) is 0 Å². The summed E-state index contributed by atoms with van der Waals surface area (Å²) in [5.74, 6) is 0. The summed E-state index contributed by atoms with van der Waals surface area (Å²) in [5, 5.41) is 3.11. The number of halogens is 1. The van der Waals surface area contributed by atoms with E-state index >= 15 is 0 Å². The molecule has 0 radical (unpaired) electrons. The van der Waals surface area contributed by atoms with Crippen molar-refractivity contribution in [3.05, 3.63) is 0 Å². The summed E-state index contributed by atoms with van der Waals surface area (Å²) in [6.07, 6.45) is 0.825. The topological polar surface area (TPSA) is 61.4 Å². The molecular weight excluding hydrogens is 226 g/mol. The Balaban J connectivity index is 0.00000169. The molecule has 1 aliphatic heterocycles. The first-order valence-corrected chi connectivity index (χ1v) is 6.06. The molecule has 2 N–H and O–H groups in total. The van der Waals surface area contributed by atoms with Gasteiger partial charge in [0.25, 0.3) is 10.2 Å². The number of nitrogens with zero attached hydrogens (tertiary/aromatic N) is 1. The van der Waals surface area contributed by atoms with Gasteiger partial charge in [-0.05, 0) is 6.42 Å². The van der Waals surface area contributed by atoms with Gasteiger partial charge in [-0.2, -0.15) is 12.7 Å². The van der Waals surface area contributed by atoms with Crippen LogP contribution in [0.3, 0.4) is 0 Å². The molecule has 5 nitrogen and oxygen atoms in total. The fraction of sp³-hybridized carbons (Fsp3) is 1.00. The normalized spacial score (nSPS) is 18.9. The van der Waals surface area contributed by atoms with E-state index in [1.807, 2.05) is 6.92 Å². The Morgan fingerprint density at radius 2 is 1.93 bits per heavy atom. The maximum Gasteiger partial charge on any atom is 0.279 e. The lowest BCUT2D eigenvalue weighted by Crippen LogP contribution is -2.50. The SMILES string of the molecule is CCCNS(=O)(=O)N1CCNCC1.Cl. The van der Waals surface area contributed by atoms with E-state index in [0.29, 0.717) is 19.6 Å². The molecule has 0 aromatic rings. The molecule has 7 heteroatoms. The van der Waals surface area contributed by atoms with Crippen LogP contribution in [0.25, 0.3) is 0 Å². The molecule has 14 heavy (non-hydrogen) atoms. The first-order chi connectivity index (χ1) is 6.17. The number of hydrogen-bond acceptors (Lipinski definition) is 3. The van der Waals surface area contributed by atoms with Crippen LogP contribution in [0.2, 0.25) is 0 Å². The minimum absolute atomic E-state index is 0. The zero-order chi connectivity index (χ0) is 9.73. The predicted molar refractivity (Wildman–Crippen MR) is 58.9 cm³/mol. The largest absolute Gasteiger partial charge is 0.314 e. The van der Waals surface area contributed by atoms with Gasteiger partial charge >= 0.3 is 0 Å². The third kappa shape index (κ3) is 4.10. The van der Waals surface area contributed by atoms with Crippen LogP contribution in [0.1, 0.15) is 13.3 Å². The molecule has 0 spiro atoms. The molecule has 1 saturated heterocycles. The van der Waals surface area contributed by atoms with Gasteiger partial charge in [-0.25, -0.2) is 4.72 Å². The Kier molecular flexibility index (Phi) is 6.63. The van der Waals surface area contributed by atoms with Gasteiger partial charge in [0.15, 0.2) is 0 Å². The molecule has 0 atom stereocenters. The third-order valence-electron chi connectivity index (χ3n) is 1.95. The van der Waals surface area contributed by atoms with Crippen LogP contribution in [0.15, 0.2) is 0 Å². The maximum atomic E-state index is 11.5. The predicted octanol–water partition coefficient (Wildman–Crippen LogP) is -0.442. The molecule has 0 saturated carbocycles. The molecule has 0 unspecified atom stereocenters. The Bertz CT molecular complexity index is 239. The maximum absolute atomic E-state index is 11.5. The Morgan fingerprint density at radius 1 is 1.36 bits per heavy atom. The number of piperazine rings is 1. The monoisotopic (exact) mass is 243 g/mol. The van der Waals surface area contributed by atoms with E-state index in [4.69, 9.17) is 0 Å². The summed E-state index contributed by atoms with van der Waals surface area (Å²) >= 11 is 0. The van der Waals surface area contributed by atoms with E-state index in [2.05, 4.69) is 10.0 Å². The van der Waals surface area contributed by atoms with Crippen molar-refractivity contribution in [2.24, 2.45) is 0 Å². The van der Waals surface area contributed by atoms with E-state index < -0.39 is 10.2 Å². The van der Waals surface area contributed by atoms with Crippen LogP contribution in [-0.4, -0.2) is 45.4 Å². The van der Waals surface area contributed by atoms with Crippen LogP contribution < -0.4 is 10.0 Å². The first kappa shape index (κ1) is 14.1. The number of nitrogens with one attached hydrogen (secondary N) is 2. The minimum Gasteiger partial charge on any atom is -0.314 e. The molecule has 1 heterocycles. The van der Waals surface area contributed by atoms with E-state index in [9.17, 15) is 8.42 Å². The van der Waals surface area contributed by atoms with Gasteiger partial charge in [-0.3, -0.25) is 0 Å². The van der Waals surface area contributed by atoms with Crippen LogP contribution in [0.4, 0.5) is 0 Å². The van der Waals surface area contributed by atoms with Gasteiger partial charge in [0, 0.05) is 32.7 Å². The van der Waals surface area contributed by atoms with Crippen molar-refractivity contribution < 1.29 is 8.42 Å². The van der Waals surface area contributed by atoms with E-state index in [1.165, 1.54) is 4.31 Å². The van der Waals surface area contributed by atoms with Crippen LogP contribution in [0.5, 0.6) is 0 Å². The van der Waals surface area contributed by atoms with Crippen molar-refractivity contribution in [1.82, 2.24) is 14.3 Å². The summed E-state index contributed by atoms with van der Waals surface area (Å²) in [6, 6.07) is 0. The van der Waals surface area contributed by atoms with Crippen LogP contribution >= 0.6 is 12.4 Å². The van der Waals surface area contributed by atoms with Gasteiger partial charge in [0.2, 0.25) is 0 Å². The lowest BCUT2D eigenvalue weighted by Gasteiger charge is -2.26. The van der Waals surface area contributed by atoms with E-state index in [-0.39, 0.29) is 12.4 Å². The zero-order valence-electron chi connectivity index (χ0n) is 8.32. The number of rotatable bonds is 4. The van der Waals surface area contributed by atoms with Gasteiger partial charge in [0.1, 0.15) is 0 Å². The molecule has 0 bridgehead atoms. The quantitative estimate of drug-likeness (QED) is 0.704. The number of hydrogen-bond donors (Lipinski definition) is 2. The second-order valence-corrected chi connectivity index (χ2v) is 4.80. The average Bonchev–Trinajstić information content (AvgIpc) is 2.16. The summed E-state index contributed by atoms with van der Waals surface area (Å²) in [4.78, 5) is 0. The summed E-state index contributed by atoms with van der Waals surface area (Å²) in [5.41, 5.74) is 0. The molecule has 1 rings (SSSR count). The molecule has 0 aliphatic carbocycles. The van der Waals surface area contributed by atoms with E-state index in [0.717, 1.165) is 19.5 Å². The lowest BCUT2D eigenvalue weighted by atomic mass is 10.4. The van der Waals surface area contributed by atoms with Gasteiger partial charge < -0.3 is 5.32 Å². The molecule has 86 valence electrons. The minimum atomic E-state index is -3.20. The highest BCUT2D eigenvalue weighted by molar-refractivity contribution is 7.87. The van der Waals surface area contributed by atoms with Crippen molar-refractivity contribution in [3.63, 3.8) is 0 Å². The molecule has 0 aromatic carbocycles. The Labute approximate surface area is 91.8 Å². The molecule has 1 aliphatic rings. The van der Waals surface area contributed by atoms with Crippen molar-refractivity contribution >= 4 is 22.6 Å². The van der Waals surface area contributed by atoms with Crippen molar-refractivity contribution in [1.29, 1.82) is 0 Å². The first-order valence-electron chi connectivity index (χ1n) is 4.62. The molecular formula is C7H18ClN3O2S. The van der Waals surface area contributed by atoms with Crippen molar-refractivity contribution in [3.8, 4) is 0 Å². The fourth-order valence-electron chi connectivity index (χ4n) is 1.21. The Hall–Kier alpha value is 0.120. The average molecular weight is 244 g/mol. The third-order valence-corrected chi connectivity index (χ3v) is 3.56. The summed E-state index contributed by atoms with van der Waals surface area (Å²) < 4.78 is 27.1. The highest BCUT2D eigenvalue weighted by atomic mass is 35.5. The molecule has 0 amide bonds. The van der Waals surface area contributed by atoms with Crippen LogP contribution in [0, 0.1) is 0 Å². The van der Waals surface area contributed by atoms with Crippen LogP contribution in [-0.2, 0) is 10.2 Å².